The maximum atomic E-state index is 11.8. The lowest BCUT2D eigenvalue weighted by Gasteiger charge is -2.20. The molecular formula is C12H21N3O6S. The fourth-order valence-electron chi connectivity index (χ4n) is 1.48. The number of carbonyl (C=O) groups excluding carboxylic acids is 2. The largest absolute Gasteiger partial charge is 0.481 e. The monoisotopic (exact) mass is 335 g/mol. The van der Waals surface area contributed by atoms with Gasteiger partial charge in [0.1, 0.15) is 12.6 Å². The first-order valence-electron chi connectivity index (χ1n) is 6.54. The number of hydrogen-bond acceptors (Lipinski definition) is 6. The van der Waals surface area contributed by atoms with Gasteiger partial charge >= 0.3 is 11.9 Å². The standard InChI is InChI=1S/C12H21N3O6S/c1-22-5-4-8(12(21)14-6-10(18)19)15-11(20)7(13)2-3-9(16)17/h7-8H,2-6,13H2,1H3,(H,14,21)(H,15,20)(H,16,17)(H,18,19)/t7-,8-/m0/s1. The van der Waals surface area contributed by atoms with Gasteiger partial charge < -0.3 is 26.6 Å². The molecule has 0 rings (SSSR count). The van der Waals surface area contributed by atoms with Crippen molar-refractivity contribution in [2.75, 3.05) is 18.6 Å². The Bertz CT molecular complexity index is 418. The second kappa shape index (κ2) is 10.9. The zero-order valence-electron chi connectivity index (χ0n) is 12.2. The van der Waals surface area contributed by atoms with Gasteiger partial charge in [0, 0.05) is 6.42 Å². The molecule has 10 heteroatoms. The van der Waals surface area contributed by atoms with Crippen LogP contribution in [0.1, 0.15) is 19.3 Å². The summed E-state index contributed by atoms with van der Waals surface area (Å²) in [7, 11) is 0. The van der Waals surface area contributed by atoms with Crippen LogP contribution in [0.15, 0.2) is 0 Å². The van der Waals surface area contributed by atoms with E-state index in [9.17, 15) is 19.2 Å². The SMILES string of the molecule is CSCC[C@H](NC(=O)[C@@H](N)CCC(=O)O)C(=O)NCC(=O)O. The molecule has 0 aliphatic heterocycles. The Morgan fingerprint density at radius 1 is 1.09 bits per heavy atom. The zero-order valence-corrected chi connectivity index (χ0v) is 13.0. The van der Waals surface area contributed by atoms with Gasteiger partial charge in [-0.15, -0.1) is 0 Å². The van der Waals surface area contributed by atoms with Crippen molar-refractivity contribution in [2.45, 2.75) is 31.3 Å². The van der Waals surface area contributed by atoms with Crippen molar-refractivity contribution >= 4 is 35.5 Å². The van der Waals surface area contributed by atoms with Gasteiger partial charge in [-0.25, -0.2) is 0 Å². The molecule has 0 spiro atoms. The highest BCUT2D eigenvalue weighted by atomic mass is 32.2. The van der Waals surface area contributed by atoms with Gasteiger partial charge in [0.15, 0.2) is 0 Å². The minimum atomic E-state index is -1.19. The molecule has 22 heavy (non-hydrogen) atoms. The third kappa shape index (κ3) is 9.19. The Morgan fingerprint density at radius 3 is 2.23 bits per heavy atom. The van der Waals surface area contributed by atoms with Crippen LogP contribution in [0.5, 0.6) is 0 Å². The summed E-state index contributed by atoms with van der Waals surface area (Å²) >= 11 is 1.46. The number of rotatable bonds is 11. The number of carbonyl (C=O) groups is 4. The Balaban J connectivity index is 4.54. The van der Waals surface area contributed by atoms with Crippen LogP contribution >= 0.6 is 11.8 Å². The molecule has 2 atom stereocenters. The summed E-state index contributed by atoms with van der Waals surface area (Å²) in [6, 6.07) is -1.95. The lowest BCUT2D eigenvalue weighted by molar-refractivity contribution is -0.138. The topological polar surface area (TPSA) is 159 Å². The molecular weight excluding hydrogens is 314 g/mol. The summed E-state index contributed by atoms with van der Waals surface area (Å²) in [4.78, 5) is 44.6. The van der Waals surface area contributed by atoms with E-state index in [4.69, 9.17) is 15.9 Å². The van der Waals surface area contributed by atoms with E-state index in [0.717, 1.165) is 0 Å². The average molecular weight is 335 g/mol. The second-order valence-electron chi connectivity index (χ2n) is 4.49. The van der Waals surface area contributed by atoms with E-state index in [-0.39, 0.29) is 12.8 Å². The third-order valence-electron chi connectivity index (χ3n) is 2.66. The quantitative estimate of drug-likeness (QED) is 0.309. The van der Waals surface area contributed by atoms with Crippen LogP contribution < -0.4 is 16.4 Å². The van der Waals surface area contributed by atoms with E-state index in [1.54, 1.807) is 0 Å². The zero-order chi connectivity index (χ0) is 17.1. The molecule has 0 saturated heterocycles. The fourth-order valence-corrected chi connectivity index (χ4v) is 1.95. The van der Waals surface area contributed by atoms with E-state index >= 15 is 0 Å². The van der Waals surface area contributed by atoms with E-state index in [1.807, 2.05) is 6.26 Å². The summed E-state index contributed by atoms with van der Waals surface area (Å²) < 4.78 is 0. The summed E-state index contributed by atoms with van der Waals surface area (Å²) in [6.45, 7) is -0.546. The average Bonchev–Trinajstić information content (AvgIpc) is 2.45. The van der Waals surface area contributed by atoms with Gasteiger partial charge in [-0.05, 0) is 24.9 Å². The summed E-state index contributed by atoms with van der Waals surface area (Å²) in [6.07, 6.45) is 1.83. The smallest absolute Gasteiger partial charge is 0.322 e. The molecule has 0 fully saturated rings. The molecule has 0 aliphatic rings. The van der Waals surface area contributed by atoms with Crippen LogP contribution in [0.3, 0.4) is 0 Å². The van der Waals surface area contributed by atoms with Crippen LogP contribution in [0.2, 0.25) is 0 Å². The van der Waals surface area contributed by atoms with Crippen molar-refractivity contribution in [1.82, 2.24) is 10.6 Å². The highest BCUT2D eigenvalue weighted by Crippen LogP contribution is 2.03. The number of aliphatic carboxylic acids is 2. The van der Waals surface area contributed by atoms with Crippen molar-refractivity contribution in [1.29, 1.82) is 0 Å². The second-order valence-corrected chi connectivity index (χ2v) is 5.48. The molecule has 0 heterocycles. The minimum absolute atomic E-state index is 0.0485. The molecule has 0 aromatic rings. The predicted molar refractivity (Wildman–Crippen MR) is 80.4 cm³/mol. The number of hydrogen-bond donors (Lipinski definition) is 5. The molecule has 0 bridgehead atoms. The first-order valence-corrected chi connectivity index (χ1v) is 7.93. The molecule has 9 nitrogen and oxygen atoms in total. The molecule has 0 radical (unpaired) electrons. The Labute approximate surface area is 132 Å². The molecule has 0 aromatic carbocycles. The number of amides is 2. The molecule has 2 amide bonds. The highest BCUT2D eigenvalue weighted by Gasteiger charge is 2.24. The van der Waals surface area contributed by atoms with E-state index < -0.39 is 42.4 Å². The minimum Gasteiger partial charge on any atom is -0.481 e. The maximum Gasteiger partial charge on any atom is 0.322 e. The first kappa shape index (κ1) is 20.2. The van der Waals surface area contributed by atoms with Crippen molar-refractivity contribution in [3.05, 3.63) is 0 Å². The lowest BCUT2D eigenvalue weighted by atomic mass is 10.1. The van der Waals surface area contributed by atoms with E-state index in [1.165, 1.54) is 11.8 Å². The number of nitrogens with one attached hydrogen (secondary N) is 2. The molecule has 6 N–H and O–H groups in total. The van der Waals surface area contributed by atoms with E-state index in [2.05, 4.69) is 10.6 Å². The maximum absolute atomic E-state index is 11.8. The number of nitrogens with two attached hydrogens (primary N) is 1. The fraction of sp³-hybridized carbons (Fsp3) is 0.667. The van der Waals surface area contributed by atoms with Gasteiger partial charge in [-0.2, -0.15) is 11.8 Å². The summed E-state index contributed by atoms with van der Waals surface area (Å²) in [5.41, 5.74) is 5.56. The van der Waals surface area contributed by atoms with Crippen molar-refractivity contribution in [3.8, 4) is 0 Å². The molecule has 0 unspecified atom stereocenters. The van der Waals surface area contributed by atoms with Crippen LogP contribution in [0.25, 0.3) is 0 Å². The number of thioether (sulfide) groups is 1. The molecule has 0 saturated carbocycles. The number of carboxylic acids is 2. The first-order chi connectivity index (χ1) is 10.3. The lowest BCUT2D eigenvalue weighted by Crippen LogP contribution is -2.52. The van der Waals surface area contributed by atoms with E-state index in [0.29, 0.717) is 12.2 Å². The predicted octanol–water partition coefficient (Wildman–Crippen LogP) is -1.38. The third-order valence-corrected chi connectivity index (χ3v) is 3.31. The van der Waals surface area contributed by atoms with Crippen LogP contribution in [-0.4, -0.2) is 64.6 Å². The van der Waals surface area contributed by atoms with Gasteiger partial charge in [0.2, 0.25) is 11.8 Å². The van der Waals surface area contributed by atoms with Crippen molar-refractivity contribution in [2.24, 2.45) is 5.73 Å². The Hall–Kier alpha value is -1.81. The van der Waals surface area contributed by atoms with Gasteiger partial charge in [0.05, 0.1) is 6.04 Å². The van der Waals surface area contributed by atoms with Crippen LogP contribution in [0.4, 0.5) is 0 Å². The Kier molecular flexibility index (Phi) is 9.96. The van der Waals surface area contributed by atoms with Gasteiger partial charge in [-0.1, -0.05) is 0 Å². The molecule has 0 aromatic heterocycles. The van der Waals surface area contributed by atoms with Gasteiger partial charge in [-0.3, -0.25) is 19.2 Å². The van der Waals surface area contributed by atoms with Gasteiger partial charge in [0.25, 0.3) is 0 Å². The highest BCUT2D eigenvalue weighted by molar-refractivity contribution is 7.98. The van der Waals surface area contributed by atoms with Crippen LogP contribution in [-0.2, 0) is 19.2 Å². The van der Waals surface area contributed by atoms with Crippen molar-refractivity contribution < 1.29 is 29.4 Å². The Morgan fingerprint density at radius 2 is 1.73 bits per heavy atom. The normalized spacial score (nSPS) is 13.0. The van der Waals surface area contributed by atoms with Crippen molar-refractivity contribution in [3.63, 3.8) is 0 Å². The molecule has 126 valence electrons. The van der Waals surface area contributed by atoms with Crippen LogP contribution in [0, 0.1) is 0 Å². The molecule has 0 aliphatic carbocycles. The summed E-state index contributed by atoms with van der Waals surface area (Å²) in [5.74, 6) is -2.94. The number of carboxylic acid groups (broad SMARTS) is 2. The summed E-state index contributed by atoms with van der Waals surface area (Å²) in [5, 5.41) is 21.7.